The Morgan fingerprint density at radius 2 is 1.82 bits per heavy atom. The Hall–Kier alpha value is -1.75. The number of hydrogen-bond donors (Lipinski definition) is 3. The van der Waals surface area contributed by atoms with Crippen molar-refractivity contribution in [3.63, 3.8) is 0 Å². The normalized spacial score (nSPS) is 10.2. The van der Waals surface area contributed by atoms with Gasteiger partial charge in [0.2, 0.25) is 0 Å². The molecule has 94 valence electrons. The highest BCUT2D eigenvalue weighted by Crippen LogP contribution is 2.27. The zero-order chi connectivity index (χ0) is 12.8. The molecule has 5 nitrogen and oxygen atoms in total. The molecular weight excluding hydrogens is 222 g/mol. The van der Waals surface area contributed by atoms with E-state index in [1.54, 1.807) is 0 Å². The second-order valence-electron chi connectivity index (χ2n) is 3.69. The topological polar surface area (TPSA) is 81.0 Å². The average molecular weight is 239 g/mol. The summed E-state index contributed by atoms with van der Waals surface area (Å²) in [7, 11) is 0. The SMILES string of the molecule is CCCN(CCO)C(=O)c1c(O)cccc1O. The van der Waals surface area contributed by atoms with Gasteiger partial charge in [-0.15, -0.1) is 0 Å². The van der Waals surface area contributed by atoms with Gasteiger partial charge < -0.3 is 20.2 Å². The third kappa shape index (κ3) is 3.10. The number of carbonyl (C=O) groups is 1. The van der Waals surface area contributed by atoms with Crippen LogP contribution in [0.1, 0.15) is 23.7 Å². The summed E-state index contributed by atoms with van der Waals surface area (Å²) in [5.74, 6) is -0.986. The minimum absolute atomic E-state index is 0.116. The van der Waals surface area contributed by atoms with Crippen molar-refractivity contribution in [2.75, 3.05) is 19.7 Å². The lowest BCUT2D eigenvalue weighted by atomic mass is 10.1. The van der Waals surface area contributed by atoms with Crippen LogP contribution in [0.2, 0.25) is 0 Å². The summed E-state index contributed by atoms with van der Waals surface area (Å²) >= 11 is 0. The highest BCUT2D eigenvalue weighted by atomic mass is 16.3. The second kappa shape index (κ2) is 6.10. The van der Waals surface area contributed by atoms with Gasteiger partial charge in [-0.05, 0) is 18.6 Å². The van der Waals surface area contributed by atoms with Crippen LogP contribution in [-0.4, -0.2) is 45.8 Å². The van der Waals surface area contributed by atoms with Crippen molar-refractivity contribution in [1.29, 1.82) is 0 Å². The summed E-state index contributed by atoms with van der Waals surface area (Å²) in [4.78, 5) is 13.5. The van der Waals surface area contributed by atoms with Crippen molar-refractivity contribution in [1.82, 2.24) is 4.90 Å². The maximum atomic E-state index is 12.1. The zero-order valence-corrected chi connectivity index (χ0v) is 9.76. The lowest BCUT2D eigenvalue weighted by Crippen LogP contribution is -2.34. The number of phenolic OH excluding ortho intramolecular Hbond substituents is 2. The van der Waals surface area contributed by atoms with Crippen molar-refractivity contribution >= 4 is 5.91 Å². The maximum absolute atomic E-state index is 12.1. The van der Waals surface area contributed by atoms with E-state index in [2.05, 4.69) is 0 Å². The Morgan fingerprint density at radius 3 is 2.29 bits per heavy atom. The van der Waals surface area contributed by atoms with Crippen molar-refractivity contribution in [2.24, 2.45) is 0 Å². The Labute approximate surface area is 99.9 Å². The Kier molecular flexibility index (Phi) is 4.78. The number of aliphatic hydroxyl groups is 1. The van der Waals surface area contributed by atoms with Gasteiger partial charge in [0, 0.05) is 13.1 Å². The fourth-order valence-electron chi connectivity index (χ4n) is 1.61. The number of benzene rings is 1. The lowest BCUT2D eigenvalue weighted by Gasteiger charge is -2.21. The molecule has 1 aromatic rings. The minimum atomic E-state index is -0.475. The van der Waals surface area contributed by atoms with E-state index in [0.717, 1.165) is 6.42 Å². The number of aromatic hydroxyl groups is 2. The number of amides is 1. The van der Waals surface area contributed by atoms with E-state index in [-0.39, 0.29) is 30.2 Å². The summed E-state index contributed by atoms with van der Waals surface area (Å²) in [6, 6.07) is 4.14. The molecule has 1 rings (SSSR count). The molecule has 5 heteroatoms. The molecule has 0 saturated carbocycles. The van der Waals surface area contributed by atoms with Crippen LogP contribution in [0.3, 0.4) is 0 Å². The fraction of sp³-hybridized carbons (Fsp3) is 0.417. The summed E-state index contributed by atoms with van der Waals surface area (Å²) < 4.78 is 0. The van der Waals surface area contributed by atoms with E-state index < -0.39 is 5.91 Å². The van der Waals surface area contributed by atoms with Gasteiger partial charge in [0.15, 0.2) is 0 Å². The maximum Gasteiger partial charge on any atom is 0.261 e. The van der Waals surface area contributed by atoms with Crippen LogP contribution in [0.5, 0.6) is 11.5 Å². The molecule has 0 aliphatic carbocycles. The van der Waals surface area contributed by atoms with E-state index in [0.29, 0.717) is 6.54 Å². The van der Waals surface area contributed by atoms with E-state index >= 15 is 0 Å². The van der Waals surface area contributed by atoms with Crippen molar-refractivity contribution in [3.05, 3.63) is 23.8 Å². The molecule has 0 atom stereocenters. The number of phenols is 2. The van der Waals surface area contributed by atoms with Crippen molar-refractivity contribution in [2.45, 2.75) is 13.3 Å². The minimum Gasteiger partial charge on any atom is -0.507 e. The molecule has 0 radical (unpaired) electrons. The Morgan fingerprint density at radius 1 is 1.24 bits per heavy atom. The number of nitrogens with zero attached hydrogens (tertiary/aromatic N) is 1. The highest BCUT2D eigenvalue weighted by Gasteiger charge is 2.21. The molecule has 0 spiro atoms. The second-order valence-corrected chi connectivity index (χ2v) is 3.69. The molecule has 17 heavy (non-hydrogen) atoms. The van der Waals surface area contributed by atoms with Crippen LogP contribution in [0.4, 0.5) is 0 Å². The monoisotopic (exact) mass is 239 g/mol. The molecule has 0 heterocycles. The molecule has 0 unspecified atom stereocenters. The molecule has 1 aromatic carbocycles. The van der Waals surface area contributed by atoms with Crippen LogP contribution in [-0.2, 0) is 0 Å². The molecule has 0 aromatic heterocycles. The largest absolute Gasteiger partial charge is 0.507 e. The average Bonchev–Trinajstić information content (AvgIpc) is 2.28. The lowest BCUT2D eigenvalue weighted by molar-refractivity contribution is 0.0715. The summed E-state index contributed by atoms with van der Waals surface area (Å²) in [6.07, 6.45) is 0.736. The first-order valence-corrected chi connectivity index (χ1v) is 5.52. The first kappa shape index (κ1) is 13.3. The van der Waals surface area contributed by atoms with Gasteiger partial charge in [-0.25, -0.2) is 0 Å². The van der Waals surface area contributed by atoms with Gasteiger partial charge >= 0.3 is 0 Å². The van der Waals surface area contributed by atoms with Crippen molar-refractivity contribution < 1.29 is 20.1 Å². The number of carbonyl (C=O) groups excluding carboxylic acids is 1. The van der Waals surface area contributed by atoms with Crippen LogP contribution in [0.15, 0.2) is 18.2 Å². The third-order valence-electron chi connectivity index (χ3n) is 2.38. The number of hydrogen-bond acceptors (Lipinski definition) is 4. The summed E-state index contributed by atoms with van der Waals surface area (Å²) in [6.45, 7) is 2.40. The van der Waals surface area contributed by atoms with Gasteiger partial charge in [-0.2, -0.15) is 0 Å². The van der Waals surface area contributed by atoms with Gasteiger partial charge in [-0.1, -0.05) is 13.0 Å². The van der Waals surface area contributed by atoms with Gasteiger partial charge in [0.05, 0.1) is 6.61 Å². The molecule has 0 saturated heterocycles. The molecule has 3 N–H and O–H groups in total. The van der Waals surface area contributed by atoms with Crippen LogP contribution in [0.25, 0.3) is 0 Å². The van der Waals surface area contributed by atoms with E-state index in [4.69, 9.17) is 5.11 Å². The van der Waals surface area contributed by atoms with Gasteiger partial charge in [0.25, 0.3) is 5.91 Å². The van der Waals surface area contributed by atoms with E-state index in [1.807, 2.05) is 6.92 Å². The van der Waals surface area contributed by atoms with Crippen molar-refractivity contribution in [3.8, 4) is 11.5 Å². The standard InChI is InChI=1S/C12H17NO4/c1-2-6-13(7-8-14)12(17)11-9(15)4-3-5-10(11)16/h3-5,14-16H,2,6-8H2,1H3. The first-order chi connectivity index (χ1) is 8.11. The third-order valence-corrected chi connectivity index (χ3v) is 2.38. The van der Waals surface area contributed by atoms with Crippen LogP contribution in [0, 0.1) is 0 Å². The zero-order valence-electron chi connectivity index (χ0n) is 9.76. The molecule has 0 fully saturated rings. The first-order valence-electron chi connectivity index (χ1n) is 5.52. The van der Waals surface area contributed by atoms with E-state index in [1.165, 1.54) is 23.1 Å². The van der Waals surface area contributed by atoms with E-state index in [9.17, 15) is 15.0 Å². The predicted octanol–water partition coefficient (Wildman–Crippen LogP) is 0.942. The highest BCUT2D eigenvalue weighted by molar-refractivity contribution is 5.99. The van der Waals surface area contributed by atoms with Crippen LogP contribution < -0.4 is 0 Å². The van der Waals surface area contributed by atoms with Gasteiger partial charge in [0.1, 0.15) is 17.1 Å². The van der Waals surface area contributed by atoms with Crippen LogP contribution >= 0.6 is 0 Å². The molecule has 0 aliphatic heterocycles. The number of rotatable bonds is 5. The predicted molar refractivity (Wildman–Crippen MR) is 63.1 cm³/mol. The molecule has 0 aliphatic rings. The van der Waals surface area contributed by atoms with Gasteiger partial charge in [-0.3, -0.25) is 4.79 Å². The molecule has 0 bridgehead atoms. The fourth-order valence-corrected chi connectivity index (χ4v) is 1.61. The summed E-state index contributed by atoms with van der Waals surface area (Å²) in [5.41, 5.74) is -0.116. The molecular formula is C12H17NO4. The summed E-state index contributed by atoms with van der Waals surface area (Å²) in [5, 5.41) is 28.0. The Balaban J connectivity index is 3.00. The quantitative estimate of drug-likeness (QED) is 0.714. The Bertz CT molecular complexity index is 366. The molecule has 1 amide bonds. The smallest absolute Gasteiger partial charge is 0.261 e. The number of aliphatic hydroxyl groups excluding tert-OH is 1.